The number of hydrogen-bond acceptors (Lipinski definition) is 15. The second-order valence-electron chi connectivity index (χ2n) is 26.4. The Bertz CT molecular complexity index is 2550. The summed E-state index contributed by atoms with van der Waals surface area (Å²) in [6, 6.07) is 14.3. The van der Waals surface area contributed by atoms with Crippen LogP contribution in [0.2, 0.25) is 0 Å². The summed E-state index contributed by atoms with van der Waals surface area (Å²) in [7, 11) is 3.73. The lowest BCUT2D eigenvalue weighted by atomic mass is 9.99. The van der Waals surface area contributed by atoms with Crippen LogP contribution in [0.4, 0.5) is 4.39 Å². The summed E-state index contributed by atoms with van der Waals surface area (Å²) in [4.78, 5) is 16.2. The van der Waals surface area contributed by atoms with E-state index >= 15 is 0 Å². The Balaban J connectivity index is 0.000000480. The minimum Gasteiger partial charge on any atom is -0.485 e. The Kier molecular flexibility index (Phi) is 31.5. The Labute approximate surface area is 490 Å². The second-order valence-corrected chi connectivity index (χ2v) is 26.4. The SMILES string of the molecule is CC(C)(C)COCc1ccccn1.CC(C)(C)COCc1ncccc1F.CC(C)(C)COCc1ncccn1.CC(C)(C)Oc1ccn[nH]1.CC(C)(C)Oc1cn[nH]c1.Cn1cc(OC(C)(C)C)cn1.Cn1nccc1OC(C)(C)C. The first-order chi connectivity index (χ1) is 37.8. The quantitative estimate of drug-likeness (QED) is 0.110. The van der Waals surface area contributed by atoms with Gasteiger partial charge in [0.1, 0.15) is 40.5 Å². The van der Waals surface area contributed by atoms with Crippen LogP contribution in [0.25, 0.3) is 0 Å². The molecular weight excluding hydrogens is 1040 g/mol. The van der Waals surface area contributed by atoms with E-state index in [0.717, 1.165) is 42.1 Å². The Hall–Kier alpha value is -6.77. The molecule has 0 aromatic carbocycles. The van der Waals surface area contributed by atoms with Gasteiger partial charge in [0.15, 0.2) is 17.3 Å². The lowest BCUT2D eigenvalue weighted by Crippen LogP contribution is -2.24. The van der Waals surface area contributed by atoms with Crippen LogP contribution < -0.4 is 18.9 Å². The molecule has 7 rings (SSSR count). The minimum absolute atomic E-state index is 0.102. The predicted octanol–water partition coefficient (Wildman–Crippen LogP) is 13.8. The third kappa shape index (κ3) is 43.0. The van der Waals surface area contributed by atoms with Gasteiger partial charge in [-0.15, -0.1) is 0 Å². The zero-order chi connectivity index (χ0) is 62.3. The summed E-state index contributed by atoms with van der Waals surface area (Å²) in [5.41, 5.74) is 1.34. The van der Waals surface area contributed by atoms with E-state index in [4.69, 9.17) is 33.2 Å². The van der Waals surface area contributed by atoms with Crippen molar-refractivity contribution in [1.29, 1.82) is 0 Å². The number of nitrogens with one attached hydrogen (secondary N) is 2. The largest absolute Gasteiger partial charge is 0.485 e. The maximum Gasteiger partial charge on any atom is 0.211 e. The molecule has 7 aromatic rings. The number of H-pyrrole nitrogens is 2. The zero-order valence-corrected chi connectivity index (χ0v) is 53.8. The van der Waals surface area contributed by atoms with Gasteiger partial charge in [0.25, 0.3) is 0 Å². The minimum atomic E-state index is -0.304. The van der Waals surface area contributed by atoms with E-state index in [-0.39, 0.29) is 51.1 Å². The Morgan fingerprint density at radius 1 is 0.476 bits per heavy atom. The molecule has 82 heavy (non-hydrogen) atoms. The summed E-state index contributed by atoms with van der Waals surface area (Å²) in [5, 5.41) is 20.9. The molecule has 7 aromatic heterocycles. The van der Waals surface area contributed by atoms with Crippen molar-refractivity contribution in [1.82, 2.24) is 59.9 Å². The van der Waals surface area contributed by atoms with Crippen molar-refractivity contribution in [2.45, 2.75) is 188 Å². The fraction of sp³-hybridized carbons (Fsp3) is 0.581. The fourth-order valence-electron chi connectivity index (χ4n) is 5.64. The van der Waals surface area contributed by atoms with Gasteiger partial charge in [0.2, 0.25) is 11.8 Å². The van der Waals surface area contributed by atoms with E-state index in [0.29, 0.717) is 31.4 Å². The number of nitrogens with zero attached hydrogens (tertiary/aromatic N) is 10. The van der Waals surface area contributed by atoms with Gasteiger partial charge in [-0.3, -0.25) is 19.7 Å². The van der Waals surface area contributed by atoms with E-state index in [1.165, 1.54) is 6.07 Å². The molecule has 0 unspecified atom stereocenters. The number of rotatable bonds is 13. The summed E-state index contributed by atoms with van der Waals surface area (Å²) < 4.78 is 54.8. The lowest BCUT2D eigenvalue weighted by molar-refractivity contribution is 0.0561. The highest BCUT2D eigenvalue weighted by Gasteiger charge is 2.16. The number of pyridine rings is 2. The van der Waals surface area contributed by atoms with Gasteiger partial charge in [-0.1, -0.05) is 68.4 Å². The molecule has 0 aliphatic rings. The van der Waals surface area contributed by atoms with E-state index < -0.39 is 0 Å². The van der Waals surface area contributed by atoms with Crippen molar-refractivity contribution >= 4 is 0 Å². The normalized spacial score (nSPS) is 11.6. The standard InChI is InChI=1S/C11H16FNO.C11H17NO.C10H16N2O.2C8H14N2O.2C7H12N2O/c1-11(2,3)8-14-7-10-9(12)5-4-6-13-10;1-11(2,3)9-13-8-10-6-4-5-7-12-10;1-10(2,3)8-13-7-9-11-5-4-6-12-9;1-8(2,3)11-7-5-9-10(4)6-7;1-8(2,3)11-7-5-6-9-10(7)4;1-7(2,3)10-6-4-8-9-5-6;1-7(2,3)10-6-4-5-8-9-6/h4-6H,7-8H2,1-3H3;4-7H,8-9H2,1-3H3;4-6H,7-8H2,1-3H3;2*5-6H,1-4H3;2*4-5H,1-3H3,(H,8,9). The van der Waals surface area contributed by atoms with Gasteiger partial charge in [0.05, 0.1) is 75.9 Å². The topological polar surface area (TPSA) is 209 Å². The highest BCUT2D eigenvalue weighted by molar-refractivity contribution is 5.13. The second kappa shape index (κ2) is 35.3. The summed E-state index contributed by atoms with van der Waals surface area (Å²) in [6.07, 6.45) is 17.1. The predicted molar refractivity (Wildman–Crippen MR) is 323 cm³/mol. The molecule has 0 fully saturated rings. The molecule has 458 valence electrons. The highest BCUT2D eigenvalue weighted by atomic mass is 19.1. The number of ether oxygens (including phenoxy) is 7. The lowest BCUT2D eigenvalue weighted by Gasteiger charge is -2.20. The van der Waals surface area contributed by atoms with Crippen LogP contribution in [0, 0.1) is 22.1 Å². The van der Waals surface area contributed by atoms with Crippen molar-refractivity contribution < 1.29 is 37.5 Å². The molecule has 0 spiro atoms. The van der Waals surface area contributed by atoms with Gasteiger partial charge < -0.3 is 33.2 Å². The Morgan fingerprint density at radius 3 is 1.45 bits per heavy atom. The number of aromatic nitrogens is 12. The van der Waals surface area contributed by atoms with E-state index in [1.807, 2.05) is 128 Å². The number of halogens is 1. The molecule has 0 atom stereocenters. The number of aryl methyl sites for hydroxylation is 2. The van der Waals surface area contributed by atoms with Crippen LogP contribution in [0.1, 0.15) is 163 Å². The first kappa shape index (κ1) is 73.2. The molecule has 7 heterocycles. The molecule has 0 radical (unpaired) electrons. The third-order valence-corrected chi connectivity index (χ3v) is 8.59. The van der Waals surface area contributed by atoms with E-state index in [2.05, 4.69) is 113 Å². The van der Waals surface area contributed by atoms with E-state index in [9.17, 15) is 4.39 Å². The maximum atomic E-state index is 13.1. The molecule has 0 saturated carbocycles. The Morgan fingerprint density at radius 2 is 1.01 bits per heavy atom. The number of aromatic amines is 2. The van der Waals surface area contributed by atoms with Crippen LogP contribution in [0.3, 0.4) is 0 Å². The van der Waals surface area contributed by atoms with Crippen molar-refractivity contribution in [3.8, 4) is 23.3 Å². The molecule has 0 bridgehead atoms. The summed E-state index contributed by atoms with van der Waals surface area (Å²) in [6.45, 7) is 46.6. The fourth-order valence-corrected chi connectivity index (χ4v) is 5.64. The average molecular weight is 1150 g/mol. The monoisotopic (exact) mass is 1140 g/mol. The van der Waals surface area contributed by atoms with Crippen molar-refractivity contribution in [3.63, 3.8) is 0 Å². The highest BCUT2D eigenvalue weighted by Crippen LogP contribution is 2.19. The van der Waals surface area contributed by atoms with Gasteiger partial charge >= 0.3 is 0 Å². The third-order valence-electron chi connectivity index (χ3n) is 8.59. The number of hydrogen-bond donors (Lipinski definition) is 2. The molecule has 0 aliphatic heterocycles. The molecule has 0 aliphatic carbocycles. The first-order valence-electron chi connectivity index (χ1n) is 27.5. The van der Waals surface area contributed by atoms with Crippen molar-refractivity contribution in [2.75, 3.05) is 19.8 Å². The van der Waals surface area contributed by atoms with Crippen LogP contribution >= 0.6 is 0 Å². The smallest absolute Gasteiger partial charge is 0.211 e. The molecule has 0 saturated heterocycles. The van der Waals surface area contributed by atoms with Crippen LogP contribution in [-0.2, 0) is 48.1 Å². The summed E-state index contributed by atoms with van der Waals surface area (Å²) >= 11 is 0. The van der Waals surface area contributed by atoms with Crippen LogP contribution in [0.5, 0.6) is 23.3 Å². The van der Waals surface area contributed by atoms with Gasteiger partial charge in [-0.2, -0.15) is 20.4 Å². The van der Waals surface area contributed by atoms with Crippen LogP contribution in [-0.4, -0.2) is 102 Å². The summed E-state index contributed by atoms with van der Waals surface area (Å²) in [5.74, 6) is 3.56. The van der Waals surface area contributed by atoms with Crippen molar-refractivity contribution in [3.05, 3.63) is 134 Å². The molecule has 19 nitrogen and oxygen atoms in total. The van der Waals surface area contributed by atoms with Crippen molar-refractivity contribution in [2.24, 2.45) is 30.3 Å². The molecule has 2 N–H and O–H groups in total. The van der Waals surface area contributed by atoms with Gasteiger partial charge in [0, 0.05) is 51.0 Å². The zero-order valence-electron chi connectivity index (χ0n) is 53.8. The van der Waals surface area contributed by atoms with Gasteiger partial charge in [-0.25, -0.2) is 24.1 Å². The maximum absolute atomic E-state index is 13.1. The van der Waals surface area contributed by atoms with Crippen LogP contribution in [0.15, 0.2) is 110 Å². The first-order valence-corrected chi connectivity index (χ1v) is 27.5. The molecule has 20 heteroatoms. The van der Waals surface area contributed by atoms with Gasteiger partial charge in [-0.05, 0) is 130 Å². The average Bonchev–Trinajstić information content (AvgIpc) is 4.19. The molecule has 0 amide bonds. The van der Waals surface area contributed by atoms with E-state index in [1.54, 1.807) is 83.3 Å². The molecular formula is C62H101FN12O7.